The smallest absolute Gasteiger partial charge is 0.313 e. The molecule has 34 heavy (non-hydrogen) atoms. The predicted molar refractivity (Wildman–Crippen MR) is 124 cm³/mol. The summed E-state index contributed by atoms with van der Waals surface area (Å²) in [6.07, 6.45) is 3.62. The van der Waals surface area contributed by atoms with Crippen LogP contribution in [0.15, 0.2) is 72.8 Å². The maximum atomic E-state index is 13.9. The average molecular weight is 461 g/mol. The van der Waals surface area contributed by atoms with Gasteiger partial charge in [-0.25, -0.2) is 0 Å². The Morgan fingerprint density at radius 2 is 1.68 bits per heavy atom. The molecule has 176 valence electrons. The minimum atomic E-state index is -1.22. The third-order valence-electron chi connectivity index (χ3n) is 7.09. The van der Waals surface area contributed by atoms with E-state index in [9.17, 15) is 14.4 Å². The fraction of sp³-hybridized carbons (Fsp3) is 0.370. The molecule has 0 radical (unpaired) electrons. The molecular formula is C27H28N2O5. The number of amides is 2. The minimum Gasteiger partial charge on any atom is -0.466 e. The zero-order valence-electron chi connectivity index (χ0n) is 19.3. The van der Waals surface area contributed by atoms with Crippen molar-refractivity contribution in [2.24, 2.45) is 11.8 Å². The molecule has 7 heteroatoms. The number of nitrogens with one attached hydrogen (secondary N) is 1. The zero-order chi connectivity index (χ0) is 23.9. The molecule has 5 rings (SSSR count). The van der Waals surface area contributed by atoms with Crippen LogP contribution in [0.5, 0.6) is 0 Å². The molecule has 2 amide bonds. The minimum absolute atomic E-state index is 0.206. The number of esters is 1. The molecular weight excluding hydrogens is 432 g/mol. The Bertz CT molecular complexity index is 1130. The highest BCUT2D eigenvalue weighted by molar-refractivity contribution is 5.99. The summed E-state index contributed by atoms with van der Waals surface area (Å²) in [5.41, 5.74) is -0.375. The topological polar surface area (TPSA) is 84.9 Å². The van der Waals surface area contributed by atoms with Crippen molar-refractivity contribution in [2.75, 3.05) is 6.61 Å². The van der Waals surface area contributed by atoms with E-state index in [1.165, 1.54) is 0 Å². The standard InChI is InChI=1S/C27H28N2O5/c1-3-33-25(32)21-20-24(31)29(17-19-12-8-5-9-13-19)22(27(20)15-14-26(21,2)34-27)23(30)28-16-18-10-6-4-7-11-18/h4-15,20-22H,3,16-17H2,1-2H3,(H,28,30)/t20-,21-,22?,26-,27-/m0/s1. The van der Waals surface area contributed by atoms with Crippen molar-refractivity contribution in [2.45, 2.75) is 44.2 Å². The Morgan fingerprint density at radius 3 is 2.32 bits per heavy atom. The van der Waals surface area contributed by atoms with Gasteiger partial charge in [-0.2, -0.15) is 0 Å². The van der Waals surface area contributed by atoms with Crippen molar-refractivity contribution in [3.63, 3.8) is 0 Å². The Hall–Kier alpha value is -3.45. The Kier molecular flexibility index (Phi) is 5.52. The monoisotopic (exact) mass is 460 g/mol. The number of hydrogen-bond acceptors (Lipinski definition) is 5. The summed E-state index contributed by atoms with van der Waals surface area (Å²) < 4.78 is 11.8. The summed E-state index contributed by atoms with van der Waals surface area (Å²) in [7, 11) is 0. The molecule has 2 saturated heterocycles. The molecule has 0 saturated carbocycles. The van der Waals surface area contributed by atoms with E-state index in [1.54, 1.807) is 18.7 Å². The lowest BCUT2D eigenvalue weighted by Crippen LogP contribution is -2.54. The van der Waals surface area contributed by atoms with E-state index in [4.69, 9.17) is 9.47 Å². The highest BCUT2D eigenvalue weighted by Gasteiger charge is 2.76. The molecule has 2 bridgehead atoms. The number of nitrogens with zero attached hydrogens (tertiary/aromatic N) is 1. The third kappa shape index (κ3) is 3.42. The van der Waals surface area contributed by atoms with Crippen LogP contribution in [0, 0.1) is 11.8 Å². The van der Waals surface area contributed by atoms with Crippen molar-refractivity contribution in [1.82, 2.24) is 10.2 Å². The van der Waals surface area contributed by atoms with E-state index in [2.05, 4.69) is 5.32 Å². The lowest BCUT2D eigenvalue weighted by molar-refractivity contribution is -0.157. The van der Waals surface area contributed by atoms with E-state index >= 15 is 0 Å². The van der Waals surface area contributed by atoms with Gasteiger partial charge < -0.3 is 19.7 Å². The first kappa shape index (κ1) is 22.3. The summed E-state index contributed by atoms with van der Waals surface area (Å²) in [6, 6.07) is 18.2. The van der Waals surface area contributed by atoms with Crippen LogP contribution in [0.3, 0.4) is 0 Å². The van der Waals surface area contributed by atoms with Crippen molar-refractivity contribution in [1.29, 1.82) is 0 Å². The van der Waals surface area contributed by atoms with E-state index in [1.807, 2.05) is 72.8 Å². The first-order valence-electron chi connectivity index (χ1n) is 11.6. The van der Waals surface area contributed by atoms with Gasteiger partial charge in [0, 0.05) is 13.1 Å². The van der Waals surface area contributed by atoms with Gasteiger partial charge in [0.25, 0.3) is 0 Å². The lowest BCUT2D eigenvalue weighted by Gasteiger charge is -2.33. The van der Waals surface area contributed by atoms with Crippen LogP contribution in [0.25, 0.3) is 0 Å². The number of ether oxygens (including phenoxy) is 2. The number of carbonyl (C=O) groups excluding carboxylic acids is 3. The largest absolute Gasteiger partial charge is 0.466 e. The summed E-state index contributed by atoms with van der Waals surface area (Å²) in [4.78, 5) is 42.0. The SMILES string of the molecule is CCOC(=O)[C@@H]1[C@H]2C(=O)N(Cc3ccccc3)C(C(=O)NCc3ccccc3)[C@]23C=C[C@]1(C)O3. The van der Waals surface area contributed by atoms with Crippen molar-refractivity contribution < 1.29 is 23.9 Å². The zero-order valence-corrected chi connectivity index (χ0v) is 19.3. The molecule has 0 aliphatic carbocycles. The van der Waals surface area contributed by atoms with Gasteiger partial charge in [-0.3, -0.25) is 14.4 Å². The van der Waals surface area contributed by atoms with Gasteiger partial charge >= 0.3 is 5.97 Å². The molecule has 0 aromatic heterocycles. The van der Waals surface area contributed by atoms with Gasteiger partial charge in [0.1, 0.15) is 17.6 Å². The normalized spacial score (nSPS) is 30.9. The van der Waals surface area contributed by atoms with E-state index in [-0.39, 0.29) is 25.0 Å². The van der Waals surface area contributed by atoms with Gasteiger partial charge in [-0.05, 0) is 25.0 Å². The van der Waals surface area contributed by atoms with Crippen LogP contribution in [0.4, 0.5) is 0 Å². The van der Waals surface area contributed by atoms with Crippen LogP contribution < -0.4 is 5.32 Å². The van der Waals surface area contributed by atoms with Crippen LogP contribution in [0.1, 0.15) is 25.0 Å². The molecule has 1 unspecified atom stereocenters. The van der Waals surface area contributed by atoms with Crippen molar-refractivity contribution >= 4 is 17.8 Å². The summed E-state index contributed by atoms with van der Waals surface area (Å²) in [6.45, 7) is 4.29. The predicted octanol–water partition coefficient (Wildman–Crippen LogP) is 2.61. The highest BCUT2D eigenvalue weighted by Crippen LogP contribution is 2.60. The fourth-order valence-corrected chi connectivity index (χ4v) is 5.65. The van der Waals surface area contributed by atoms with E-state index < -0.39 is 35.0 Å². The molecule has 3 aliphatic rings. The van der Waals surface area contributed by atoms with E-state index in [0.29, 0.717) is 6.54 Å². The Labute approximate surface area is 198 Å². The van der Waals surface area contributed by atoms with Crippen LogP contribution in [0.2, 0.25) is 0 Å². The van der Waals surface area contributed by atoms with Gasteiger partial charge in [0.15, 0.2) is 0 Å². The first-order chi connectivity index (χ1) is 16.4. The molecule has 3 heterocycles. The number of carbonyl (C=O) groups is 3. The number of rotatable bonds is 7. The molecule has 2 fully saturated rings. The number of fused-ring (bicyclic) bond motifs is 1. The molecule has 2 aromatic rings. The third-order valence-corrected chi connectivity index (χ3v) is 7.09. The van der Waals surface area contributed by atoms with Crippen molar-refractivity contribution in [3.05, 3.63) is 83.9 Å². The maximum absolute atomic E-state index is 13.9. The number of benzene rings is 2. The molecule has 7 nitrogen and oxygen atoms in total. The second-order valence-electron chi connectivity index (χ2n) is 9.24. The fourth-order valence-electron chi connectivity index (χ4n) is 5.65. The van der Waals surface area contributed by atoms with Crippen LogP contribution in [-0.4, -0.2) is 46.5 Å². The molecule has 2 aromatic carbocycles. The molecule has 5 atom stereocenters. The second-order valence-corrected chi connectivity index (χ2v) is 9.24. The average Bonchev–Trinajstić information content (AvgIpc) is 3.40. The lowest BCUT2D eigenvalue weighted by atomic mass is 9.70. The second kappa shape index (κ2) is 8.40. The number of hydrogen-bond donors (Lipinski definition) is 1. The summed E-state index contributed by atoms with van der Waals surface area (Å²) >= 11 is 0. The van der Waals surface area contributed by atoms with Gasteiger partial charge in [0.2, 0.25) is 11.8 Å². The summed E-state index contributed by atoms with van der Waals surface area (Å²) in [5, 5.41) is 2.99. The molecule has 3 aliphatic heterocycles. The quantitative estimate of drug-likeness (QED) is 0.507. The van der Waals surface area contributed by atoms with E-state index in [0.717, 1.165) is 11.1 Å². The first-order valence-corrected chi connectivity index (χ1v) is 11.6. The van der Waals surface area contributed by atoms with Gasteiger partial charge in [-0.1, -0.05) is 72.8 Å². The van der Waals surface area contributed by atoms with Gasteiger partial charge in [-0.15, -0.1) is 0 Å². The maximum Gasteiger partial charge on any atom is 0.313 e. The Morgan fingerprint density at radius 1 is 1.03 bits per heavy atom. The number of likely N-dealkylation sites (tertiary alicyclic amines) is 1. The van der Waals surface area contributed by atoms with Crippen LogP contribution >= 0.6 is 0 Å². The molecule has 1 spiro atoms. The van der Waals surface area contributed by atoms with Gasteiger partial charge in [0.05, 0.1) is 18.1 Å². The summed E-state index contributed by atoms with van der Waals surface area (Å²) in [5.74, 6) is -2.68. The Balaban J connectivity index is 1.51. The molecule has 1 N–H and O–H groups in total. The highest BCUT2D eigenvalue weighted by atomic mass is 16.6. The van der Waals surface area contributed by atoms with Crippen molar-refractivity contribution in [3.8, 4) is 0 Å². The van der Waals surface area contributed by atoms with Crippen LogP contribution in [-0.2, 0) is 36.9 Å².